The van der Waals surface area contributed by atoms with E-state index in [9.17, 15) is 4.79 Å². The average Bonchev–Trinajstić information content (AvgIpc) is 2.27. The van der Waals surface area contributed by atoms with Gasteiger partial charge in [0.2, 0.25) is 5.91 Å². The van der Waals surface area contributed by atoms with Gasteiger partial charge in [-0.25, -0.2) is 0 Å². The summed E-state index contributed by atoms with van der Waals surface area (Å²) in [6, 6.07) is 5.39. The van der Waals surface area contributed by atoms with Gasteiger partial charge in [0, 0.05) is 15.8 Å². The second-order valence-corrected chi connectivity index (χ2v) is 5.84. The molecule has 1 heterocycles. The smallest absolute Gasteiger partial charge is 0.224 e. The number of halogens is 2. The summed E-state index contributed by atoms with van der Waals surface area (Å²) < 4.78 is 0. The molecular weight excluding hydrogens is 293 g/mol. The molecule has 2 rings (SSSR count). The minimum absolute atomic E-state index is 0.0518. The first-order valence-corrected chi connectivity index (χ1v) is 7.22. The molecule has 2 atom stereocenters. The molecule has 1 fully saturated rings. The summed E-state index contributed by atoms with van der Waals surface area (Å²) in [6.45, 7) is 0. The van der Waals surface area contributed by atoms with Crippen molar-refractivity contribution in [2.45, 2.75) is 23.8 Å². The van der Waals surface area contributed by atoms with Gasteiger partial charge in [0.15, 0.2) is 0 Å². The maximum Gasteiger partial charge on any atom is 0.224 e. The van der Waals surface area contributed by atoms with Crippen LogP contribution in [0.2, 0.25) is 10.0 Å². The van der Waals surface area contributed by atoms with Gasteiger partial charge in [0.25, 0.3) is 0 Å². The van der Waals surface area contributed by atoms with Crippen molar-refractivity contribution in [1.82, 2.24) is 10.6 Å². The van der Waals surface area contributed by atoms with Gasteiger partial charge < -0.3 is 11.1 Å². The highest BCUT2D eigenvalue weighted by Crippen LogP contribution is 2.29. The van der Waals surface area contributed by atoms with Crippen LogP contribution in [0.3, 0.4) is 0 Å². The van der Waals surface area contributed by atoms with Gasteiger partial charge in [-0.05, 0) is 17.7 Å². The Kier molecular flexibility index (Phi) is 4.75. The van der Waals surface area contributed by atoms with E-state index in [-0.39, 0.29) is 17.6 Å². The highest BCUT2D eigenvalue weighted by atomic mass is 35.5. The Morgan fingerprint density at radius 1 is 1.39 bits per heavy atom. The van der Waals surface area contributed by atoms with Crippen molar-refractivity contribution in [2.75, 3.05) is 0 Å². The molecule has 0 aromatic heterocycles. The second kappa shape index (κ2) is 6.12. The number of hydrogen-bond donors (Lipinski definition) is 3. The molecule has 0 spiro atoms. The van der Waals surface area contributed by atoms with Crippen LogP contribution in [0.25, 0.3) is 0 Å². The number of nitrogens with two attached hydrogens (primary N) is 1. The van der Waals surface area contributed by atoms with Gasteiger partial charge in [-0.3, -0.25) is 10.1 Å². The highest BCUT2D eigenvalue weighted by Gasteiger charge is 2.23. The van der Waals surface area contributed by atoms with Crippen molar-refractivity contribution in [3.63, 3.8) is 0 Å². The van der Waals surface area contributed by atoms with E-state index >= 15 is 0 Å². The van der Waals surface area contributed by atoms with Gasteiger partial charge in [-0.1, -0.05) is 29.3 Å². The molecule has 0 bridgehead atoms. The Bertz CT molecular complexity index is 438. The van der Waals surface area contributed by atoms with E-state index in [2.05, 4.69) is 10.6 Å². The average molecular weight is 306 g/mol. The van der Waals surface area contributed by atoms with Crippen molar-refractivity contribution in [3.05, 3.63) is 33.8 Å². The second-order valence-electron chi connectivity index (χ2n) is 3.94. The van der Waals surface area contributed by atoms with Crippen LogP contribution in [0, 0.1) is 0 Å². The highest BCUT2D eigenvalue weighted by molar-refractivity contribution is 7.99. The molecule has 98 valence electrons. The molecule has 0 radical (unpaired) electrons. The molecule has 7 heteroatoms. The fourth-order valence-corrected chi connectivity index (χ4v) is 3.45. The third-order valence-corrected chi connectivity index (χ3v) is 4.27. The van der Waals surface area contributed by atoms with E-state index in [1.54, 1.807) is 18.2 Å². The normalized spacial score (nSPS) is 23.8. The van der Waals surface area contributed by atoms with E-state index in [0.717, 1.165) is 5.56 Å². The Hall–Kier alpha value is -0.460. The molecule has 1 aliphatic rings. The van der Waals surface area contributed by atoms with Crippen LogP contribution in [0.5, 0.6) is 0 Å². The van der Waals surface area contributed by atoms with Gasteiger partial charge in [0.1, 0.15) is 5.50 Å². The van der Waals surface area contributed by atoms with Crippen LogP contribution in [-0.4, -0.2) is 17.6 Å². The molecule has 1 aliphatic heterocycles. The van der Waals surface area contributed by atoms with Crippen LogP contribution < -0.4 is 16.4 Å². The van der Waals surface area contributed by atoms with E-state index in [0.29, 0.717) is 22.2 Å². The third-order valence-electron chi connectivity index (χ3n) is 2.52. The quantitative estimate of drug-likeness (QED) is 0.798. The minimum Gasteiger partial charge on any atom is -0.332 e. The number of nitrogens with one attached hydrogen (secondary N) is 2. The molecule has 1 amide bonds. The summed E-state index contributed by atoms with van der Waals surface area (Å²) >= 11 is 13.6. The predicted octanol–water partition coefficient (Wildman–Crippen LogP) is 1.90. The lowest BCUT2D eigenvalue weighted by Gasteiger charge is -2.28. The minimum atomic E-state index is -0.307. The number of rotatable bonds is 3. The lowest BCUT2D eigenvalue weighted by Crippen LogP contribution is -2.57. The maximum atomic E-state index is 11.3. The first-order chi connectivity index (χ1) is 8.56. The molecule has 0 aliphatic carbocycles. The zero-order valence-corrected chi connectivity index (χ0v) is 11.8. The third kappa shape index (κ3) is 3.52. The molecule has 2 unspecified atom stereocenters. The first kappa shape index (κ1) is 14.0. The van der Waals surface area contributed by atoms with Crippen molar-refractivity contribution in [2.24, 2.45) is 5.73 Å². The fourth-order valence-electron chi connectivity index (χ4n) is 1.63. The van der Waals surface area contributed by atoms with Gasteiger partial charge >= 0.3 is 0 Å². The SMILES string of the molecule is NC1CC(=O)NC(SCc2c(Cl)cccc2Cl)N1. The molecule has 1 aromatic carbocycles. The van der Waals surface area contributed by atoms with Crippen LogP contribution >= 0.6 is 35.0 Å². The molecule has 4 nitrogen and oxygen atoms in total. The number of carbonyl (C=O) groups is 1. The van der Waals surface area contributed by atoms with Crippen LogP contribution in [-0.2, 0) is 10.5 Å². The van der Waals surface area contributed by atoms with Crippen molar-refractivity contribution < 1.29 is 4.79 Å². The van der Waals surface area contributed by atoms with Crippen LogP contribution in [0.15, 0.2) is 18.2 Å². The first-order valence-electron chi connectivity index (χ1n) is 5.42. The number of benzene rings is 1. The molecule has 4 N–H and O–H groups in total. The molecule has 1 aromatic rings. The fraction of sp³-hybridized carbons (Fsp3) is 0.364. The van der Waals surface area contributed by atoms with E-state index in [1.807, 2.05) is 0 Å². The van der Waals surface area contributed by atoms with Gasteiger partial charge in [-0.2, -0.15) is 0 Å². The molecular formula is C11H13Cl2N3OS. The van der Waals surface area contributed by atoms with Crippen LogP contribution in [0.1, 0.15) is 12.0 Å². The predicted molar refractivity (Wildman–Crippen MR) is 75.4 cm³/mol. The topological polar surface area (TPSA) is 67.2 Å². The molecule has 0 saturated carbocycles. The van der Waals surface area contributed by atoms with Crippen molar-refractivity contribution in [1.29, 1.82) is 0 Å². The van der Waals surface area contributed by atoms with Gasteiger partial charge in [0.05, 0.1) is 12.6 Å². The maximum absolute atomic E-state index is 11.3. The summed E-state index contributed by atoms with van der Waals surface area (Å²) in [5.41, 5.74) is 6.35. The zero-order valence-electron chi connectivity index (χ0n) is 9.45. The Balaban J connectivity index is 1.97. The summed E-state index contributed by atoms with van der Waals surface area (Å²) in [6.07, 6.45) is -0.0119. The number of hydrogen-bond acceptors (Lipinski definition) is 4. The zero-order chi connectivity index (χ0) is 13.1. The van der Waals surface area contributed by atoms with Gasteiger partial charge in [-0.15, -0.1) is 11.8 Å². The van der Waals surface area contributed by atoms with Crippen LogP contribution in [0.4, 0.5) is 0 Å². The largest absolute Gasteiger partial charge is 0.332 e. The van der Waals surface area contributed by atoms with Crippen molar-refractivity contribution in [3.8, 4) is 0 Å². The summed E-state index contributed by atoms with van der Waals surface area (Å²) in [5.74, 6) is 0.549. The number of amides is 1. The lowest BCUT2D eigenvalue weighted by atomic mass is 10.2. The standard InChI is InChI=1S/C11H13Cl2N3OS/c12-7-2-1-3-8(13)6(7)5-18-11-15-9(14)4-10(17)16-11/h1-3,9,11,15H,4-5,14H2,(H,16,17). The van der Waals surface area contributed by atoms with E-state index in [4.69, 9.17) is 28.9 Å². The number of thioether (sulfide) groups is 1. The Labute approximate surface area is 120 Å². The lowest BCUT2D eigenvalue weighted by molar-refractivity contribution is -0.123. The Morgan fingerprint density at radius 2 is 2.06 bits per heavy atom. The van der Waals surface area contributed by atoms with E-state index < -0.39 is 0 Å². The molecule has 18 heavy (non-hydrogen) atoms. The summed E-state index contributed by atoms with van der Waals surface area (Å²) in [7, 11) is 0. The summed E-state index contributed by atoms with van der Waals surface area (Å²) in [5, 5.41) is 7.13. The number of carbonyl (C=O) groups excluding carboxylic acids is 1. The summed E-state index contributed by atoms with van der Waals surface area (Å²) in [4.78, 5) is 11.3. The Morgan fingerprint density at radius 3 is 2.67 bits per heavy atom. The molecule has 1 saturated heterocycles. The van der Waals surface area contributed by atoms with E-state index in [1.165, 1.54) is 11.8 Å². The van der Waals surface area contributed by atoms with Crippen molar-refractivity contribution >= 4 is 40.9 Å². The monoisotopic (exact) mass is 305 g/mol.